The second-order valence-corrected chi connectivity index (χ2v) is 5.48. The maximum atomic E-state index is 11.6. The van der Waals surface area contributed by atoms with Crippen molar-refractivity contribution in [1.29, 1.82) is 0 Å². The van der Waals surface area contributed by atoms with Crippen LogP contribution in [0.3, 0.4) is 0 Å². The first-order valence-electron chi connectivity index (χ1n) is 4.72. The van der Waals surface area contributed by atoms with E-state index < -0.39 is 0 Å². The number of amides is 1. The first kappa shape index (κ1) is 8.09. The van der Waals surface area contributed by atoms with Crippen molar-refractivity contribution in [2.24, 2.45) is 10.8 Å². The zero-order chi connectivity index (χ0) is 8.98. The second-order valence-electron chi connectivity index (χ2n) is 5.48. The van der Waals surface area contributed by atoms with Crippen molar-refractivity contribution in [3.63, 3.8) is 0 Å². The first-order valence-corrected chi connectivity index (χ1v) is 4.72. The number of nitrogens with one attached hydrogen (secondary N) is 1. The molecule has 2 heteroatoms. The Morgan fingerprint density at radius 2 is 2.00 bits per heavy atom. The average Bonchev–Trinajstić information content (AvgIpc) is 1.99. The van der Waals surface area contributed by atoms with Crippen LogP contribution in [-0.4, -0.2) is 11.9 Å². The van der Waals surface area contributed by atoms with Crippen LogP contribution in [0.1, 0.15) is 40.0 Å². The van der Waals surface area contributed by atoms with Gasteiger partial charge in [-0.05, 0) is 24.7 Å². The minimum atomic E-state index is -0.0631. The molecule has 1 heterocycles. The Bertz CT molecular complexity index is 234. The summed E-state index contributed by atoms with van der Waals surface area (Å²) in [6, 6.07) is 0.450. The van der Waals surface area contributed by atoms with Crippen LogP contribution in [-0.2, 0) is 4.79 Å². The average molecular weight is 167 g/mol. The Kier molecular flexibility index (Phi) is 1.37. The van der Waals surface area contributed by atoms with E-state index in [1.165, 1.54) is 0 Å². The van der Waals surface area contributed by atoms with Gasteiger partial charge >= 0.3 is 0 Å². The van der Waals surface area contributed by atoms with Crippen LogP contribution in [0.4, 0.5) is 0 Å². The van der Waals surface area contributed by atoms with Crippen LogP contribution >= 0.6 is 0 Å². The van der Waals surface area contributed by atoms with E-state index in [1.807, 2.05) is 0 Å². The minimum absolute atomic E-state index is 0.0631. The van der Waals surface area contributed by atoms with E-state index >= 15 is 0 Å². The van der Waals surface area contributed by atoms with Gasteiger partial charge < -0.3 is 5.32 Å². The summed E-state index contributed by atoms with van der Waals surface area (Å²) >= 11 is 0. The fourth-order valence-corrected chi connectivity index (χ4v) is 3.12. The number of carbonyl (C=O) groups excluding carboxylic acids is 1. The van der Waals surface area contributed by atoms with Gasteiger partial charge in [0.1, 0.15) is 0 Å². The van der Waals surface area contributed by atoms with Gasteiger partial charge in [-0.25, -0.2) is 0 Å². The Morgan fingerprint density at radius 3 is 2.58 bits per heavy atom. The van der Waals surface area contributed by atoms with Gasteiger partial charge in [0.2, 0.25) is 5.91 Å². The molecule has 0 spiro atoms. The molecule has 2 fully saturated rings. The highest BCUT2D eigenvalue weighted by Crippen LogP contribution is 2.49. The van der Waals surface area contributed by atoms with Crippen molar-refractivity contribution in [3.8, 4) is 0 Å². The molecule has 0 aromatic rings. The van der Waals surface area contributed by atoms with Gasteiger partial charge in [0.25, 0.3) is 0 Å². The number of carbonyl (C=O) groups is 1. The monoisotopic (exact) mass is 167 g/mol. The summed E-state index contributed by atoms with van der Waals surface area (Å²) < 4.78 is 0. The van der Waals surface area contributed by atoms with Crippen molar-refractivity contribution in [2.45, 2.75) is 46.1 Å². The number of fused-ring (bicyclic) bond motifs is 2. The van der Waals surface area contributed by atoms with Gasteiger partial charge in [0, 0.05) is 11.5 Å². The molecule has 1 saturated heterocycles. The normalized spacial score (nSPS) is 44.2. The summed E-state index contributed by atoms with van der Waals surface area (Å²) in [6.45, 7) is 6.62. The number of hydrogen-bond donors (Lipinski definition) is 1. The first-order chi connectivity index (χ1) is 5.41. The molecule has 0 aromatic heterocycles. The third-order valence-corrected chi connectivity index (χ3v) is 3.25. The molecule has 1 amide bonds. The van der Waals surface area contributed by atoms with Crippen molar-refractivity contribution in [1.82, 2.24) is 5.32 Å². The van der Waals surface area contributed by atoms with Crippen LogP contribution in [0.25, 0.3) is 0 Å². The molecule has 2 aliphatic rings. The largest absolute Gasteiger partial charge is 0.353 e. The lowest BCUT2D eigenvalue weighted by atomic mass is 9.65. The lowest BCUT2D eigenvalue weighted by Crippen LogP contribution is -2.34. The molecule has 68 valence electrons. The fraction of sp³-hybridized carbons (Fsp3) is 0.900. The maximum Gasteiger partial charge on any atom is 0.226 e. The van der Waals surface area contributed by atoms with E-state index in [-0.39, 0.29) is 11.3 Å². The molecule has 2 rings (SSSR count). The van der Waals surface area contributed by atoms with E-state index in [9.17, 15) is 4.79 Å². The molecule has 12 heavy (non-hydrogen) atoms. The van der Waals surface area contributed by atoms with Gasteiger partial charge in [-0.2, -0.15) is 0 Å². The zero-order valence-electron chi connectivity index (χ0n) is 8.11. The quantitative estimate of drug-likeness (QED) is 0.584. The minimum Gasteiger partial charge on any atom is -0.353 e. The topological polar surface area (TPSA) is 29.1 Å². The zero-order valence-corrected chi connectivity index (χ0v) is 8.11. The van der Waals surface area contributed by atoms with Crippen LogP contribution in [0.2, 0.25) is 0 Å². The summed E-state index contributed by atoms with van der Waals surface area (Å²) in [5.41, 5.74) is 0.281. The molecule has 2 atom stereocenters. The molecule has 1 aliphatic heterocycles. The second kappa shape index (κ2) is 2.04. The molecule has 0 aromatic carbocycles. The molecule has 2 nitrogen and oxygen atoms in total. The molecular formula is C10H17NO. The summed E-state index contributed by atoms with van der Waals surface area (Å²) in [5, 5.41) is 3.07. The maximum absolute atomic E-state index is 11.6. The predicted octanol–water partition coefficient (Wildman–Crippen LogP) is 1.70. The van der Waals surface area contributed by atoms with E-state index in [2.05, 4.69) is 26.1 Å². The molecule has 1 N–H and O–H groups in total. The van der Waals surface area contributed by atoms with E-state index in [1.54, 1.807) is 0 Å². The summed E-state index contributed by atoms with van der Waals surface area (Å²) in [5.74, 6) is 0.276. The van der Waals surface area contributed by atoms with Crippen molar-refractivity contribution < 1.29 is 4.79 Å². The van der Waals surface area contributed by atoms with Crippen molar-refractivity contribution >= 4 is 5.91 Å². The molecular weight excluding hydrogens is 150 g/mol. The molecule has 2 bridgehead atoms. The van der Waals surface area contributed by atoms with Gasteiger partial charge in [-0.3, -0.25) is 4.79 Å². The predicted molar refractivity (Wildman–Crippen MR) is 47.7 cm³/mol. The SMILES string of the molecule is CC1(C)CC2CC(C)(C1)C(=O)N2. The highest BCUT2D eigenvalue weighted by Gasteiger charge is 2.51. The summed E-state index contributed by atoms with van der Waals surface area (Å²) in [7, 11) is 0. The lowest BCUT2D eigenvalue weighted by Gasteiger charge is -2.37. The summed E-state index contributed by atoms with van der Waals surface area (Å²) in [4.78, 5) is 11.6. The number of rotatable bonds is 0. The van der Waals surface area contributed by atoms with Gasteiger partial charge in [-0.1, -0.05) is 20.8 Å². The van der Waals surface area contributed by atoms with E-state index in [4.69, 9.17) is 0 Å². The molecule has 2 unspecified atom stereocenters. The third kappa shape index (κ3) is 1.05. The van der Waals surface area contributed by atoms with Gasteiger partial charge in [-0.15, -0.1) is 0 Å². The molecule has 1 saturated carbocycles. The Labute approximate surface area is 73.7 Å². The molecule has 1 aliphatic carbocycles. The van der Waals surface area contributed by atoms with Gasteiger partial charge in [0.15, 0.2) is 0 Å². The Balaban J connectivity index is 2.29. The van der Waals surface area contributed by atoms with Crippen LogP contribution in [0.5, 0.6) is 0 Å². The third-order valence-electron chi connectivity index (χ3n) is 3.25. The Morgan fingerprint density at radius 1 is 1.33 bits per heavy atom. The van der Waals surface area contributed by atoms with Crippen LogP contribution in [0, 0.1) is 10.8 Å². The standard InChI is InChI=1S/C10H17NO/c1-9(2)4-7-5-10(3,6-9)8(12)11-7/h7H,4-6H2,1-3H3,(H,11,12). The smallest absolute Gasteiger partial charge is 0.226 e. The summed E-state index contributed by atoms with van der Waals surface area (Å²) in [6.07, 6.45) is 3.24. The lowest BCUT2D eigenvalue weighted by molar-refractivity contribution is -0.127. The fourth-order valence-electron chi connectivity index (χ4n) is 3.12. The van der Waals surface area contributed by atoms with Gasteiger partial charge in [0.05, 0.1) is 0 Å². The van der Waals surface area contributed by atoms with Crippen molar-refractivity contribution in [3.05, 3.63) is 0 Å². The highest BCUT2D eigenvalue weighted by molar-refractivity contribution is 5.85. The van der Waals surface area contributed by atoms with Crippen LogP contribution < -0.4 is 5.32 Å². The number of hydrogen-bond acceptors (Lipinski definition) is 1. The van der Waals surface area contributed by atoms with Crippen molar-refractivity contribution in [2.75, 3.05) is 0 Å². The van der Waals surface area contributed by atoms with Crippen LogP contribution in [0.15, 0.2) is 0 Å². The van der Waals surface area contributed by atoms with E-state index in [0.717, 1.165) is 19.3 Å². The van der Waals surface area contributed by atoms with E-state index in [0.29, 0.717) is 11.5 Å². The highest BCUT2D eigenvalue weighted by atomic mass is 16.2. The Hall–Kier alpha value is -0.530. The molecule has 0 radical (unpaired) electrons.